The van der Waals surface area contributed by atoms with E-state index in [4.69, 9.17) is 9.47 Å². The van der Waals surface area contributed by atoms with Crippen LogP contribution >= 0.6 is 0 Å². The maximum atomic E-state index is 5.39. The Bertz CT molecular complexity index is 568. The molecule has 0 atom stereocenters. The second-order valence-corrected chi connectivity index (χ2v) is 4.01. The van der Waals surface area contributed by atoms with Gasteiger partial charge in [-0.25, -0.2) is 4.98 Å². The Morgan fingerprint density at radius 2 is 1.83 bits per heavy atom. The van der Waals surface area contributed by atoms with Crippen LogP contribution in [0.4, 0.5) is 0 Å². The van der Waals surface area contributed by atoms with E-state index in [0.717, 1.165) is 34.1 Å². The van der Waals surface area contributed by atoms with Crippen LogP contribution in [0.2, 0.25) is 0 Å². The molecule has 0 aliphatic carbocycles. The Balaban J connectivity index is 2.59. The van der Waals surface area contributed by atoms with Crippen molar-refractivity contribution in [3.05, 3.63) is 35.8 Å². The standard InChI is InChI=1S/C14H16N2O2/c1-9-8-15-10(2)14(16-9)12-6-5-11(17-3)7-13(12)18-4/h5-8H,1-4H3. The fourth-order valence-corrected chi connectivity index (χ4v) is 1.79. The highest BCUT2D eigenvalue weighted by Crippen LogP contribution is 2.33. The zero-order valence-electron chi connectivity index (χ0n) is 11.0. The molecule has 0 fully saturated rings. The van der Waals surface area contributed by atoms with Crippen LogP contribution in [0.15, 0.2) is 24.4 Å². The summed E-state index contributed by atoms with van der Waals surface area (Å²) in [5.74, 6) is 1.49. The van der Waals surface area contributed by atoms with Gasteiger partial charge in [-0.15, -0.1) is 0 Å². The molecule has 4 nitrogen and oxygen atoms in total. The van der Waals surface area contributed by atoms with Crippen molar-refractivity contribution >= 4 is 0 Å². The molecule has 0 N–H and O–H groups in total. The van der Waals surface area contributed by atoms with E-state index in [1.54, 1.807) is 20.4 Å². The van der Waals surface area contributed by atoms with Crippen molar-refractivity contribution in [2.45, 2.75) is 13.8 Å². The van der Waals surface area contributed by atoms with Crippen molar-refractivity contribution in [1.29, 1.82) is 0 Å². The van der Waals surface area contributed by atoms with E-state index in [1.807, 2.05) is 32.0 Å². The predicted molar refractivity (Wildman–Crippen MR) is 70.0 cm³/mol. The molecule has 0 saturated carbocycles. The maximum Gasteiger partial charge on any atom is 0.132 e. The molecule has 2 rings (SSSR count). The zero-order valence-corrected chi connectivity index (χ0v) is 11.0. The van der Waals surface area contributed by atoms with Crippen LogP contribution in [0.5, 0.6) is 11.5 Å². The molecule has 0 aliphatic rings. The highest BCUT2D eigenvalue weighted by molar-refractivity contribution is 5.70. The lowest BCUT2D eigenvalue weighted by Crippen LogP contribution is -1.97. The van der Waals surface area contributed by atoms with Gasteiger partial charge in [-0.3, -0.25) is 4.98 Å². The zero-order chi connectivity index (χ0) is 13.1. The minimum atomic E-state index is 0.734. The third-order valence-corrected chi connectivity index (χ3v) is 2.74. The monoisotopic (exact) mass is 244 g/mol. The van der Waals surface area contributed by atoms with Gasteiger partial charge in [-0.2, -0.15) is 0 Å². The molecule has 1 aromatic carbocycles. The Labute approximate surface area is 107 Å². The second-order valence-electron chi connectivity index (χ2n) is 4.01. The summed E-state index contributed by atoms with van der Waals surface area (Å²) in [7, 11) is 3.27. The Kier molecular flexibility index (Phi) is 3.46. The highest BCUT2D eigenvalue weighted by Gasteiger charge is 2.12. The number of hydrogen-bond acceptors (Lipinski definition) is 4. The summed E-state index contributed by atoms with van der Waals surface area (Å²) in [6.45, 7) is 3.86. The van der Waals surface area contributed by atoms with Gasteiger partial charge < -0.3 is 9.47 Å². The lowest BCUT2D eigenvalue weighted by Gasteiger charge is -2.11. The molecule has 18 heavy (non-hydrogen) atoms. The lowest BCUT2D eigenvalue weighted by atomic mass is 10.1. The second kappa shape index (κ2) is 5.04. The SMILES string of the molecule is COc1ccc(-c2nc(C)cnc2C)c(OC)c1. The Morgan fingerprint density at radius 3 is 2.50 bits per heavy atom. The first-order valence-corrected chi connectivity index (χ1v) is 5.68. The van der Waals surface area contributed by atoms with E-state index in [-0.39, 0.29) is 0 Å². The third-order valence-electron chi connectivity index (χ3n) is 2.74. The van der Waals surface area contributed by atoms with Crippen LogP contribution in [0.25, 0.3) is 11.3 Å². The molecule has 0 bridgehead atoms. The molecule has 0 aliphatic heterocycles. The van der Waals surface area contributed by atoms with E-state index >= 15 is 0 Å². The van der Waals surface area contributed by atoms with Gasteiger partial charge in [0.1, 0.15) is 11.5 Å². The summed E-state index contributed by atoms with van der Waals surface area (Å²) >= 11 is 0. The fraction of sp³-hybridized carbons (Fsp3) is 0.286. The molecule has 0 unspecified atom stereocenters. The van der Waals surface area contributed by atoms with Crippen LogP contribution in [-0.2, 0) is 0 Å². The maximum absolute atomic E-state index is 5.39. The summed E-state index contributed by atoms with van der Waals surface area (Å²) in [4.78, 5) is 8.85. The third kappa shape index (κ3) is 2.27. The van der Waals surface area contributed by atoms with Crippen LogP contribution < -0.4 is 9.47 Å². The first kappa shape index (κ1) is 12.4. The van der Waals surface area contributed by atoms with Crippen molar-refractivity contribution in [3.63, 3.8) is 0 Å². The van der Waals surface area contributed by atoms with Gasteiger partial charge in [0, 0.05) is 17.8 Å². The quantitative estimate of drug-likeness (QED) is 0.832. The molecule has 0 amide bonds. The van der Waals surface area contributed by atoms with Gasteiger partial charge in [0.05, 0.1) is 31.3 Å². The average Bonchev–Trinajstić information content (AvgIpc) is 2.41. The normalized spacial score (nSPS) is 10.2. The summed E-state index contributed by atoms with van der Waals surface area (Å²) in [5.41, 5.74) is 3.53. The van der Waals surface area contributed by atoms with E-state index in [9.17, 15) is 0 Å². The summed E-state index contributed by atoms with van der Waals surface area (Å²) in [6.07, 6.45) is 1.76. The average molecular weight is 244 g/mol. The van der Waals surface area contributed by atoms with Crippen molar-refractivity contribution in [2.75, 3.05) is 14.2 Å². The van der Waals surface area contributed by atoms with E-state index < -0.39 is 0 Å². The predicted octanol–water partition coefficient (Wildman–Crippen LogP) is 2.78. The number of rotatable bonds is 3. The largest absolute Gasteiger partial charge is 0.497 e. The molecule has 4 heteroatoms. The van der Waals surface area contributed by atoms with Crippen LogP contribution in [-0.4, -0.2) is 24.2 Å². The van der Waals surface area contributed by atoms with Gasteiger partial charge in [-0.1, -0.05) is 0 Å². The topological polar surface area (TPSA) is 44.2 Å². The van der Waals surface area contributed by atoms with Crippen molar-refractivity contribution in [3.8, 4) is 22.8 Å². The number of nitrogens with zero attached hydrogens (tertiary/aromatic N) is 2. The summed E-state index contributed by atoms with van der Waals surface area (Å²) in [5, 5.41) is 0. The van der Waals surface area contributed by atoms with Crippen LogP contribution in [0, 0.1) is 13.8 Å². The van der Waals surface area contributed by atoms with E-state index in [2.05, 4.69) is 9.97 Å². The first-order chi connectivity index (χ1) is 8.65. The molecule has 0 radical (unpaired) electrons. The van der Waals surface area contributed by atoms with Gasteiger partial charge >= 0.3 is 0 Å². The van der Waals surface area contributed by atoms with Crippen LogP contribution in [0.3, 0.4) is 0 Å². The fourth-order valence-electron chi connectivity index (χ4n) is 1.79. The van der Waals surface area contributed by atoms with E-state index in [0.29, 0.717) is 0 Å². The number of methoxy groups -OCH3 is 2. The molecule has 0 spiro atoms. The molecule has 1 aromatic heterocycles. The van der Waals surface area contributed by atoms with Crippen LogP contribution in [0.1, 0.15) is 11.4 Å². The summed E-state index contributed by atoms with van der Waals surface area (Å²) < 4.78 is 10.6. The lowest BCUT2D eigenvalue weighted by molar-refractivity contribution is 0.395. The molecule has 94 valence electrons. The molecule has 1 heterocycles. The minimum absolute atomic E-state index is 0.734. The van der Waals surface area contributed by atoms with Gasteiger partial charge in [0.2, 0.25) is 0 Å². The van der Waals surface area contributed by atoms with Gasteiger partial charge in [0.15, 0.2) is 0 Å². The van der Waals surface area contributed by atoms with Crippen molar-refractivity contribution in [2.24, 2.45) is 0 Å². The molecular weight excluding hydrogens is 228 g/mol. The van der Waals surface area contributed by atoms with E-state index in [1.165, 1.54) is 0 Å². The van der Waals surface area contributed by atoms with Gasteiger partial charge in [0.25, 0.3) is 0 Å². The molecular formula is C14H16N2O2. The number of ether oxygens (including phenoxy) is 2. The number of aromatic nitrogens is 2. The molecule has 2 aromatic rings. The highest BCUT2D eigenvalue weighted by atomic mass is 16.5. The number of aryl methyl sites for hydroxylation is 2. The van der Waals surface area contributed by atoms with Gasteiger partial charge in [-0.05, 0) is 26.0 Å². The van der Waals surface area contributed by atoms with Crippen molar-refractivity contribution in [1.82, 2.24) is 9.97 Å². The minimum Gasteiger partial charge on any atom is -0.497 e. The smallest absolute Gasteiger partial charge is 0.132 e. The number of hydrogen-bond donors (Lipinski definition) is 0. The Hall–Kier alpha value is -2.10. The first-order valence-electron chi connectivity index (χ1n) is 5.68. The number of benzene rings is 1. The summed E-state index contributed by atoms with van der Waals surface area (Å²) in [6, 6.07) is 5.67. The molecule has 0 saturated heterocycles. The van der Waals surface area contributed by atoms with Crippen molar-refractivity contribution < 1.29 is 9.47 Å². The Morgan fingerprint density at radius 1 is 1.06 bits per heavy atom.